The van der Waals surface area contributed by atoms with Crippen molar-refractivity contribution in [3.05, 3.63) is 64.1 Å². The molecule has 0 saturated carbocycles. The van der Waals surface area contributed by atoms with Crippen LogP contribution in [0.15, 0.2) is 48.5 Å². The average molecular weight is 489 g/mol. The van der Waals surface area contributed by atoms with E-state index in [-0.39, 0.29) is 30.6 Å². The van der Waals surface area contributed by atoms with E-state index in [9.17, 15) is 14.4 Å². The molecule has 2 aromatic carbocycles. The molecule has 0 aromatic heterocycles. The Hall–Kier alpha value is -2.61. The maximum atomic E-state index is 13.3. The minimum Gasteiger partial charge on any atom is -0.447 e. The minimum absolute atomic E-state index is 0.130. The summed E-state index contributed by atoms with van der Waals surface area (Å²) in [5, 5.41) is 3.26. The van der Waals surface area contributed by atoms with Crippen molar-refractivity contribution in [1.29, 1.82) is 0 Å². The summed E-state index contributed by atoms with van der Waals surface area (Å²) < 4.78 is 11.3. The van der Waals surface area contributed by atoms with Crippen LogP contribution >= 0.6 is 23.2 Å². The van der Waals surface area contributed by atoms with E-state index in [1.807, 2.05) is 30.3 Å². The fourth-order valence-electron chi connectivity index (χ4n) is 5.11. The number of fused-ring (bicyclic) bond motifs is 5. The predicted molar refractivity (Wildman–Crippen MR) is 122 cm³/mol. The van der Waals surface area contributed by atoms with Crippen molar-refractivity contribution in [2.75, 3.05) is 11.9 Å². The third-order valence-electron chi connectivity index (χ3n) is 6.57. The summed E-state index contributed by atoms with van der Waals surface area (Å²) in [5.74, 6) is -1.32. The van der Waals surface area contributed by atoms with Gasteiger partial charge in [0.1, 0.15) is 6.61 Å². The van der Waals surface area contributed by atoms with Crippen molar-refractivity contribution in [2.45, 2.75) is 37.5 Å². The summed E-state index contributed by atoms with van der Waals surface area (Å²) in [6.07, 6.45) is 0.868. The van der Waals surface area contributed by atoms with Gasteiger partial charge in [0.05, 0.1) is 40.1 Å². The number of nitrogens with zero attached hydrogens (tertiary/aromatic N) is 1. The first kappa shape index (κ1) is 22.2. The van der Waals surface area contributed by atoms with Gasteiger partial charge in [-0.15, -0.1) is 0 Å². The zero-order chi connectivity index (χ0) is 23.1. The van der Waals surface area contributed by atoms with E-state index in [2.05, 4.69) is 5.32 Å². The molecule has 33 heavy (non-hydrogen) atoms. The van der Waals surface area contributed by atoms with Crippen molar-refractivity contribution in [2.24, 2.45) is 11.8 Å². The van der Waals surface area contributed by atoms with Gasteiger partial charge in [0.2, 0.25) is 11.8 Å². The van der Waals surface area contributed by atoms with Gasteiger partial charge >= 0.3 is 6.09 Å². The van der Waals surface area contributed by atoms with Crippen molar-refractivity contribution in [3.63, 3.8) is 0 Å². The van der Waals surface area contributed by atoms with Gasteiger partial charge in [-0.2, -0.15) is 0 Å². The van der Waals surface area contributed by atoms with Crippen LogP contribution in [0.5, 0.6) is 0 Å². The van der Waals surface area contributed by atoms with E-state index >= 15 is 0 Å². The zero-order valence-corrected chi connectivity index (χ0v) is 19.1. The Bertz CT molecular complexity index is 1070. The number of hydrogen-bond donors (Lipinski definition) is 1. The molecule has 5 atom stereocenters. The first-order chi connectivity index (χ1) is 15.9. The lowest BCUT2D eigenvalue weighted by molar-refractivity contribution is -0.146. The van der Waals surface area contributed by atoms with Gasteiger partial charge in [-0.1, -0.05) is 53.5 Å². The monoisotopic (exact) mass is 488 g/mol. The standard InChI is InChI=1S/C24H22Cl2N2O5/c25-16-7-6-14(11-17(16)26)27-24(31)32-12-15(10-13-4-2-1-3-5-13)28-22(29)20-18-8-9-19(33-18)21(20)23(28)30/h1-7,11,15,18-21H,8-10,12H2,(H,27,31). The van der Waals surface area contributed by atoms with Gasteiger partial charge in [-0.25, -0.2) is 4.79 Å². The van der Waals surface area contributed by atoms with Gasteiger partial charge in [0.25, 0.3) is 0 Å². The second-order valence-electron chi connectivity index (χ2n) is 8.58. The van der Waals surface area contributed by atoms with Gasteiger partial charge in [-0.3, -0.25) is 19.8 Å². The molecular weight excluding hydrogens is 467 g/mol. The third kappa shape index (κ3) is 4.21. The number of hydrogen-bond acceptors (Lipinski definition) is 5. The molecule has 7 nitrogen and oxygen atoms in total. The highest BCUT2D eigenvalue weighted by Crippen LogP contribution is 2.49. The number of imide groups is 1. The van der Waals surface area contributed by atoms with E-state index in [4.69, 9.17) is 32.7 Å². The van der Waals surface area contributed by atoms with Crippen molar-refractivity contribution < 1.29 is 23.9 Å². The first-order valence-corrected chi connectivity index (χ1v) is 11.6. The lowest BCUT2D eigenvalue weighted by Crippen LogP contribution is -2.46. The second-order valence-corrected chi connectivity index (χ2v) is 9.40. The number of carbonyl (C=O) groups is 3. The van der Waals surface area contributed by atoms with Crippen LogP contribution in [-0.4, -0.2) is 47.7 Å². The van der Waals surface area contributed by atoms with Crippen LogP contribution in [0.4, 0.5) is 10.5 Å². The fraction of sp³-hybridized carbons (Fsp3) is 0.375. The smallest absolute Gasteiger partial charge is 0.411 e. The van der Waals surface area contributed by atoms with Crippen LogP contribution in [0.3, 0.4) is 0 Å². The normalized spacial score (nSPS) is 26.4. The first-order valence-electron chi connectivity index (χ1n) is 10.9. The molecule has 3 fully saturated rings. The number of likely N-dealkylation sites (tertiary alicyclic amines) is 1. The van der Waals surface area contributed by atoms with Crippen LogP contribution in [0.2, 0.25) is 10.0 Å². The predicted octanol–water partition coefficient (Wildman–Crippen LogP) is 4.32. The van der Waals surface area contributed by atoms with Gasteiger partial charge in [0.15, 0.2) is 0 Å². The largest absolute Gasteiger partial charge is 0.447 e. The fourth-order valence-corrected chi connectivity index (χ4v) is 5.40. The molecule has 1 N–H and O–H groups in total. The van der Waals surface area contributed by atoms with Crippen LogP contribution < -0.4 is 5.32 Å². The summed E-state index contributed by atoms with van der Waals surface area (Å²) in [6, 6.07) is 13.6. The molecule has 3 heterocycles. The third-order valence-corrected chi connectivity index (χ3v) is 7.31. The van der Waals surface area contributed by atoms with Crippen molar-refractivity contribution in [1.82, 2.24) is 4.90 Å². The molecule has 2 aromatic rings. The molecule has 5 unspecified atom stereocenters. The molecule has 9 heteroatoms. The topological polar surface area (TPSA) is 84.9 Å². The Morgan fingerprint density at radius 3 is 2.33 bits per heavy atom. The molecule has 0 radical (unpaired) electrons. The number of anilines is 1. The molecule has 172 valence electrons. The van der Waals surface area contributed by atoms with Crippen molar-refractivity contribution in [3.8, 4) is 0 Å². The Labute approximate surface area is 200 Å². The summed E-state index contributed by atoms with van der Waals surface area (Å²) in [6.45, 7) is -0.130. The molecule has 5 rings (SSSR count). The number of ether oxygens (including phenoxy) is 2. The molecule has 3 aliphatic heterocycles. The number of amides is 3. The summed E-state index contributed by atoms with van der Waals surface area (Å²) in [5.41, 5.74) is 1.36. The molecular formula is C24H22Cl2N2O5. The number of rotatable bonds is 6. The highest BCUT2D eigenvalue weighted by molar-refractivity contribution is 6.42. The number of benzene rings is 2. The molecule has 0 aliphatic carbocycles. The van der Waals surface area contributed by atoms with Crippen LogP contribution in [0.25, 0.3) is 0 Å². The summed E-state index contributed by atoms with van der Waals surface area (Å²) in [4.78, 5) is 40.3. The van der Waals surface area contributed by atoms with Crippen LogP contribution in [0, 0.1) is 11.8 Å². The van der Waals surface area contributed by atoms with Gasteiger partial charge < -0.3 is 9.47 Å². The minimum atomic E-state index is -0.714. The highest BCUT2D eigenvalue weighted by Gasteiger charge is 2.63. The lowest BCUT2D eigenvalue weighted by atomic mass is 9.81. The van der Waals surface area contributed by atoms with Gasteiger partial charge in [-0.05, 0) is 43.0 Å². The quantitative estimate of drug-likeness (QED) is 0.612. The molecule has 3 aliphatic rings. The summed E-state index contributed by atoms with van der Waals surface area (Å²) >= 11 is 11.9. The van der Waals surface area contributed by atoms with Gasteiger partial charge in [0, 0.05) is 5.69 Å². The Morgan fingerprint density at radius 2 is 1.70 bits per heavy atom. The van der Waals surface area contributed by atoms with E-state index in [0.29, 0.717) is 22.2 Å². The maximum Gasteiger partial charge on any atom is 0.411 e. The maximum absolute atomic E-state index is 13.3. The van der Waals surface area contributed by atoms with Crippen molar-refractivity contribution >= 4 is 46.8 Å². The Balaban J connectivity index is 1.32. The molecule has 3 amide bonds. The van der Waals surface area contributed by atoms with Crippen LogP contribution in [0.1, 0.15) is 18.4 Å². The zero-order valence-electron chi connectivity index (χ0n) is 17.6. The highest BCUT2D eigenvalue weighted by atomic mass is 35.5. The Morgan fingerprint density at radius 1 is 1.03 bits per heavy atom. The van der Waals surface area contributed by atoms with E-state index in [1.165, 1.54) is 11.0 Å². The van der Waals surface area contributed by atoms with E-state index in [0.717, 1.165) is 18.4 Å². The Kier molecular flexibility index (Phi) is 6.03. The SMILES string of the molecule is O=C(Nc1ccc(Cl)c(Cl)c1)OCC(Cc1ccccc1)N1C(=O)C2C3CCC(O3)C2C1=O. The number of carbonyl (C=O) groups excluding carboxylic acids is 3. The van der Waals surface area contributed by atoms with E-state index < -0.39 is 24.0 Å². The number of halogens is 2. The molecule has 0 spiro atoms. The molecule has 2 bridgehead atoms. The second kappa shape index (κ2) is 8.97. The van der Waals surface area contributed by atoms with E-state index in [1.54, 1.807) is 12.1 Å². The summed E-state index contributed by atoms with van der Waals surface area (Å²) in [7, 11) is 0. The molecule has 3 saturated heterocycles. The number of nitrogens with one attached hydrogen (secondary N) is 1. The average Bonchev–Trinajstić information content (AvgIpc) is 3.48. The lowest BCUT2D eigenvalue weighted by Gasteiger charge is -2.27. The van der Waals surface area contributed by atoms with Crippen LogP contribution in [-0.2, 0) is 25.5 Å².